The van der Waals surface area contributed by atoms with E-state index in [1.165, 1.54) is 6.92 Å². The molecule has 9 rings (SSSR count). The predicted octanol–water partition coefficient (Wildman–Crippen LogP) is 5.16. The maximum absolute atomic E-state index is 11.8. The van der Waals surface area contributed by atoms with Crippen molar-refractivity contribution in [3.8, 4) is 0 Å². The van der Waals surface area contributed by atoms with Crippen LogP contribution in [0.1, 0.15) is 95.4 Å². The summed E-state index contributed by atoms with van der Waals surface area (Å²) in [4.78, 5) is 75.7. The molecular formula is C59H52EuN2Na2O12S2. The van der Waals surface area contributed by atoms with Gasteiger partial charge in [0.15, 0.2) is 34.7 Å². The summed E-state index contributed by atoms with van der Waals surface area (Å²) in [7, 11) is -8.01. The number of pyridine rings is 1. The van der Waals surface area contributed by atoms with Crippen molar-refractivity contribution < 1.29 is 166 Å². The van der Waals surface area contributed by atoms with Crippen LogP contribution in [0.2, 0.25) is 0 Å². The third-order valence-corrected chi connectivity index (χ3v) is 13.4. The molecule has 7 aromatic carbocycles. The van der Waals surface area contributed by atoms with Crippen molar-refractivity contribution in [3.63, 3.8) is 0 Å². The molecule has 0 atom stereocenters. The number of anilines is 1. The Balaban J connectivity index is 0.000000529. The van der Waals surface area contributed by atoms with E-state index in [4.69, 9.17) is 0 Å². The number of nitrogens with zero attached hydrogens (tertiary/aromatic N) is 2. The van der Waals surface area contributed by atoms with Gasteiger partial charge >= 0.3 is 69.2 Å². The Morgan fingerprint density at radius 2 is 0.756 bits per heavy atom. The van der Waals surface area contributed by atoms with E-state index >= 15 is 0 Å². The molecule has 1 radical (unpaired) electrons. The number of aromatic nitrogens is 1. The van der Waals surface area contributed by atoms with Crippen LogP contribution in [-0.2, 0) is 20.2 Å². The molecule has 0 saturated heterocycles. The largest absolute Gasteiger partial charge is 1.00 e. The summed E-state index contributed by atoms with van der Waals surface area (Å²) in [6, 6.07) is 56.6. The number of likely N-dealkylation sites (N-methyl/N-ethyl adjacent to an activating group) is 1. The van der Waals surface area contributed by atoms with Gasteiger partial charge in [-0.15, -0.1) is 0 Å². The summed E-state index contributed by atoms with van der Waals surface area (Å²) in [5.41, 5.74) is 5.11. The molecule has 0 amide bonds. The minimum Gasteiger partial charge on any atom is -1.00 e. The maximum Gasteiger partial charge on any atom is 1.00 e. The van der Waals surface area contributed by atoms with Crippen LogP contribution in [0, 0.1) is 56.3 Å². The van der Waals surface area contributed by atoms with Crippen LogP contribution >= 0.6 is 0 Å². The molecule has 1 aliphatic heterocycles. The van der Waals surface area contributed by atoms with E-state index in [1.807, 2.05) is 54.4 Å². The molecule has 2 N–H and O–H groups in total. The molecule has 1 aliphatic rings. The molecule has 78 heavy (non-hydrogen) atoms. The van der Waals surface area contributed by atoms with Gasteiger partial charge in [-0.1, -0.05) is 200 Å². The molecule has 0 fully saturated rings. The molecule has 0 spiro atoms. The van der Waals surface area contributed by atoms with Crippen molar-refractivity contribution >= 4 is 77.6 Å². The van der Waals surface area contributed by atoms with Gasteiger partial charge in [-0.2, -0.15) is 16.8 Å². The number of Topliss-reactive ketones (excluding diaryl/α,β-unsaturated/α-hetero) is 6. The molecule has 1 aromatic heterocycles. The summed E-state index contributed by atoms with van der Waals surface area (Å²) in [6.45, 7) is 2.01. The maximum atomic E-state index is 11.8. The zero-order valence-electron chi connectivity index (χ0n) is 45.0. The first-order valence-electron chi connectivity index (χ1n) is 23.1. The van der Waals surface area contributed by atoms with Crippen molar-refractivity contribution in [1.82, 2.24) is 4.98 Å². The second-order valence-corrected chi connectivity index (χ2v) is 19.5. The summed E-state index contributed by atoms with van der Waals surface area (Å²) < 4.78 is 65.2. The number of rotatable bonds is 14. The fourth-order valence-electron chi connectivity index (χ4n) is 7.65. The van der Waals surface area contributed by atoms with Crippen molar-refractivity contribution in [2.45, 2.75) is 36.1 Å². The van der Waals surface area contributed by atoms with E-state index in [0.29, 0.717) is 50.9 Å². The SMILES string of the molecule is Cc1c(S(=O)(=O)O)c(S(=O)(=O)O)nc2c3c(ccc12)N(C)CC=C3.O=C(CC(=O)c1ccccc1)c1ccccc1.O=C(CC(=O)c1ccccc1)c1ccccc1.O=C(CC(=O)c1ccccc1)c1ccccc1.[Eu].[H-].[H-].[Na+].[Na+]. The number of hydrogen-bond donors (Lipinski definition) is 2. The molecule has 0 bridgehead atoms. The average Bonchev–Trinajstić information content (AvgIpc) is 3.42. The van der Waals surface area contributed by atoms with Crippen LogP contribution < -0.4 is 64.0 Å². The number of fused-ring (bicyclic) bond motifs is 3. The first-order chi connectivity index (χ1) is 35.8. The Hall–Kier alpha value is -5.09. The van der Waals surface area contributed by atoms with Crippen LogP contribution in [0.5, 0.6) is 0 Å². The normalized spacial score (nSPS) is 11.1. The number of benzene rings is 7. The fourth-order valence-corrected chi connectivity index (χ4v) is 9.64. The zero-order valence-corrected chi connectivity index (χ0v) is 51.1. The van der Waals surface area contributed by atoms with Gasteiger partial charge in [0.1, 0.15) is 4.90 Å². The van der Waals surface area contributed by atoms with Gasteiger partial charge in [0.2, 0.25) is 5.03 Å². The van der Waals surface area contributed by atoms with E-state index in [0.717, 1.165) is 5.69 Å². The van der Waals surface area contributed by atoms with Crippen molar-refractivity contribution in [3.05, 3.63) is 245 Å². The number of ketones is 6. The third kappa shape index (κ3) is 19.3. The second kappa shape index (κ2) is 32.2. The number of carbonyl (C=O) groups is 6. The second-order valence-electron chi connectivity index (χ2n) is 16.8. The Labute approximate surface area is 541 Å². The fraction of sp³-hybridized carbons (Fsp3) is 0.102. The molecule has 19 heteroatoms. The van der Waals surface area contributed by atoms with E-state index in [-0.39, 0.29) is 176 Å². The van der Waals surface area contributed by atoms with E-state index < -0.39 is 30.2 Å². The summed E-state index contributed by atoms with van der Waals surface area (Å²) in [5, 5.41) is -0.709. The average molecular weight is 1240 g/mol. The van der Waals surface area contributed by atoms with E-state index in [1.54, 1.807) is 164 Å². The number of carbonyl (C=O) groups excluding carboxylic acids is 6. The quantitative estimate of drug-likeness (QED) is 0.0621. The van der Waals surface area contributed by atoms with Crippen LogP contribution in [-0.4, -0.2) is 79.2 Å². The zero-order chi connectivity index (χ0) is 54.1. The molecule has 2 heterocycles. The molecule has 0 saturated carbocycles. The molecule has 391 valence electrons. The molecular weight excluding hydrogens is 1190 g/mol. The topological polar surface area (TPSA) is 227 Å². The van der Waals surface area contributed by atoms with Gasteiger partial charge in [-0.25, -0.2) is 4.98 Å². The van der Waals surface area contributed by atoms with Crippen LogP contribution in [0.15, 0.2) is 210 Å². The number of hydrogen-bond acceptors (Lipinski definition) is 12. The Morgan fingerprint density at radius 1 is 0.474 bits per heavy atom. The predicted molar refractivity (Wildman–Crippen MR) is 289 cm³/mol. The van der Waals surface area contributed by atoms with Gasteiger partial charge in [0.05, 0.1) is 24.8 Å². The van der Waals surface area contributed by atoms with Crippen LogP contribution in [0.3, 0.4) is 0 Å². The van der Waals surface area contributed by atoms with Gasteiger partial charge < -0.3 is 7.75 Å². The molecule has 8 aromatic rings. The molecule has 0 aliphatic carbocycles. The van der Waals surface area contributed by atoms with Gasteiger partial charge in [-0.05, 0) is 18.6 Å². The molecule has 0 unspecified atom stereocenters. The first kappa shape index (κ1) is 67.2. The van der Waals surface area contributed by atoms with Gasteiger partial charge in [-0.3, -0.25) is 37.9 Å². The summed E-state index contributed by atoms with van der Waals surface area (Å²) in [6.07, 6.45) is 3.38. The Morgan fingerprint density at radius 3 is 1.01 bits per heavy atom. The smallest absolute Gasteiger partial charge is 1.00 e. The van der Waals surface area contributed by atoms with Crippen molar-refractivity contribution in [1.29, 1.82) is 0 Å². The molecule has 14 nitrogen and oxygen atoms in total. The minimum absolute atomic E-state index is 0. The number of aryl methyl sites for hydroxylation is 1. The summed E-state index contributed by atoms with van der Waals surface area (Å²) >= 11 is 0. The van der Waals surface area contributed by atoms with Gasteiger partial charge in [0, 0.05) is 113 Å². The third-order valence-electron chi connectivity index (χ3n) is 11.5. The van der Waals surface area contributed by atoms with Crippen molar-refractivity contribution in [2.24, 2.45) is 0 Å². The Bertz CT molecular complexity index is 3240. The standard InChI is InChI=1S/3C15H12O2.C14H14N2O6S2.Eu.2Na.2H/c3*16-14(12-7-3-1-4-8-12)11-15(17)13-9-5-2-6-10-13;1-8-9-5-6-11-10(4-3-7-16(11)2)12(9)15-14(24(20,21)22)13(8)23(17,18)19;;;;;/h3*1-10H,11H2;3-6H,7H2,1-2H3,(H,17,18,19)(H,20,21,22);;;;;/q;;;;;2*+1;2*-1. The van der Waals surface area contributed by atoms with E-state index in [2.05, 4.69) is 4.98 Å². The van der Waals surface area contributed by atoms with Crippen LogP contribution in [0.25, 0.3) is 17.0 Å². The van der Waals surface area contributed by atoms with Gasteiger partial charge in [0.25, 0.3) is 10.1 Å². The van der Waals surface area contributed by atoms with Crippen molar-refractivity contribution in [2.75, 3.05) is 18.5 Å². The summed E-state index contributed by atoms with van der Waals surface area (Å²) in [5.74, 6) is -0.836. The van der Waals surface area contributed by atoms with E-state index in [9.17, 15) is 54.7 Å². The van der Waals surface area contributed by atoms with Crippen LogP contribution in [0.4, 0.5) is 5.69 Å². The first-order valence-corrected chi connectivity index (χ1v) is 26.0. The Kier molecular flexibility index (Phi) is 27.8. The minimum atomic E-state index is -4.96. The monoisotopic (exact) mass is 1240 g/mol.